The first kappa shape index (κ1) is 9.61. The average molecular weight is 198 g/mol. The van der Waals surface area contributed by atoms with Crippen LogP contribution in [-0.2, 0) is 9.59 Å². The van der Waals surface area contributed by atoms with Crippen LogP contribution in [-0.4, -0.2) is 47.1 Å². The van der Waals surface area contributed by atoms with Crippen LogP contribution in [0.5, 0.6) is 0 Å². The summed E-state index contributed by atoms with van der Waals surface area (Å²) in [5.74, 6) is -0.418. The lowest BCUT2D eigenvalue weighted by Gasteiger charge is -2.25. The maximum atomic E-state index is 11.4. The highest BCUT2D eigenvalue weighted by Crippen LogP contribution is 2.30. The summed E-state index contributed by atoms with van der Waals surface area (Å²) >= 11 is 0. The van der Waals surface area contributed by atoms with Crippen LogP contribution < -0.4 is 5.32 Å². The fourth-order valence-corrected chi connectivity index (χ4v) is 1.92. The number of imide groups is 1. The number of carbonyl (C=O) groups is 2. The molecule has 2 fully saturated rings. The monoisotopic (exact) mass is 198 g/mol. The van der Waals surface area contributed by atoms with Gasteiger partial charge in [0.2, 0.25) is 11.8 Å². The standard InChI is InChI=1S/C9H14N2O3/c12-4-3-11(6-1-2-6)7-5-8(13)10-9(7)14/h6-7,12H,1-5H2,(H,10,13,14). The molecule has 1 unspecified atom stereocenters. The Bertz CT molecular complexity index is 263. The Morgan fingerprint density at radius 2 is 2.14 bits per heavy atom. The van der Waals surface area contributed by atoms with E-state index in [0.29, 0.717) is 12.6 Å². The van der Waals surface area contributed by atoms with Gasteiger partial charge in [-0.05, 0) is 12.8 Å². The number of rotatable bonds is 4. The van der Waals surface area contributed by atoms with Crippen molar-refractivity contribution >= 4 is 11.8 Å². The van der Waals surface area contributed by atoms with Gasteiger partial charge >= 0.3 is 0 Å². The molecule has 0 radical (unpaired) electrons. The first-order valence-electron chi connectivity index (χ1n) is 4.92. The maximum absolute atomic E-state index is 11.4. The maximum Gasteiger partial charge on any atom is 0.244 e. The van der Waals surface area contributed by atoms with Crippen molar-refractivity contribution in [2.24, 2.45) is 0 Å². The lowest BCUT2D eigenvalue weighted by atomic mass is 10.2. The highest BCUT2D eigenvalue weighted by Gasteiger charge is 2.41. The van der Waals surface area contributed by atoms with Crippen LogP contribution in [0.2, 0.25) is 0 Å². The molecule has 0 spiro atoms. The van der Waals surface area contributed by atoms with Crippen molar-refractivity contribution in [2.75, 3.05) is 13.2 Å². The van der Waals surface area contributed by atoms with Gasteiger partial charge in [0.15, 0.2) is 0 Å². The van der Waals surface area contributed by atoms with E-state index >= 15 is 0 Å². The molecule has 2 rings (SSSR count). The summed E-state index contributed by atoms with van der Waals surface area (Å²) in [7, 11) is 0. The SMILES string of the molecule is O=C1CC(N(CCO)C2CC2)C(=O)N1. The average Bonchev–Trinajstić information content (AvgIpc) is 2.89. The zero-order valence-electron chi connectivity index (χ0n) is 7.90. The molecule has 5 heteroatoms. The van der Waals surface area contributed by atoms with Crippen LogP contribution in [0.15, 0.2) is 0 Å². The highest BCUT2D eigenvalue weighted by atomic mass is 16.3. The molecule has 1 heterocycles. The van der Waals surface area contributed by atoms with Gasteiger partial charge in [0, 0.05) is 12.6 Å². The minimum absolute atomic E-state index is 0.0362. The normalized spacial score (nSPS) is 27.1. The molecule has 78 valence electrons. The van der Waals surface area contributed by atoms with E-state index < -0.39 is 0 Å². The summed E-state index contributed by atoms with van der Waals surface area (Å²) in [6.07, 6.45) is 2.38. The van der Waals surface area contributed by atoms with Gasteiger partial charge in [-0.3, -0.25) is 19.8 Å². The smallest absolute Gasteiger partial charge is 0.244 e. The fourth-order valence-electron chi connectivity index (χ4n) is 1.92. The molecule has 2 aliphatic rings. The van der Waals surface area contributed by atoms with Crippen molar-refractivity contribution in [1.29, 1.82) is 0 Å². The van der Waals surface area contributed by atoms with Gasteiger partial charge in [-0.15, -0.1) is 0 Å². The summed E-state index contributed by atoms with van der Waals surface area (Å²) in [6.45, 7) is 0.518. The summed E-state index contributed by atoms with van der Waals surface area (Å²) in [6, 6.07) is 0.0472. The van der Waals surface area contributed by atoms with E-state index in [-0.39, 0.29) is 30.9 Å². The molecule has 2 N–H and O–H groups in total. The highest BCUT2D eigenvalue weighted by molar-refractivity contribution is 6.05. The van der Waals surface area contributed by atoms with Gasteiger partial charge in [0.25, 0.3) is 0 Å². The van der Waals surface area contributed by atoms with E-state index in [4.69, 9.17) is 5.11 Å². The molecule has 1 atom stereocenters. The third-order valence-electron chi connectivity index (χ3n) is 2.72. The van der Waals surface area contributed by atoms with Crippen LogP contribution in [0.3, 0.4) is 0 Å². The number of hydrogen-bond donors (Lipinski definition) is 2. The first-order chi connectivity index (χ1) is 6.72. The van der Waals surface area contributed by atoms with E-state index in [1.165, 1.54) is 0 Å². The molecule has 5 nitrogen and oxygen atoms in total. The Balaban J connectivity index is 2.02. The Hall–Kier alpha value is -0.940. The summed E-state index contributed by atoms with van der Waals surface area (Å²) in [4.78, 5) is 24.3. The number of aliphatic hydroxyl groups is 1. The Kier molecular flexibility index (Phi) is 2.52. The topological polar surface area (TPSA) is 69.6 Å². The zero-order chi connectivity index (χ0) is 10.1. The predicted molar refractivity (Wildman–Crippen MR) is 48.4 cm³/mol. The third kappa shape index (κ3) is 1.78. The fraction of sp³-hybridized carbons (Fsp3) is 0.778. The van der Waals surface area contributed by atoms with Crippen molar-refractivity contribution in [3.8, 4) is 0 Å². The molecule has 1 aliphatic heterocycles. The van der Waals surface area contributed by atoms with E-state index in [1.807, 2.05) is 4.90 Å². The molecule has 0 aromatic rings. The van der Waals surface area contributed by atoms with Crippen LogP contribution >= 0.6 is 0 Å². The predicted octanol–water partition coefficient (Wildman–Crippen LogP) is -1.14. The third-order valence-corrected chi connectivity index (χ3v) is 2.72. The van der Waals surface area contributed by atoms with Crippen molar-refractivity contribution in [1.82, 2.24) is 10.2 Å². The van der Waals surface area contributed by atoms with Gasteiger partial charge < -0.3 is 5.11 Å². The molecule has 1 saturated heterocycles. The number of nitrogens with one attached hydrogen (secondary N) is 1. The van der Waals surface area contributed by atoms with Gasteiger partial charge in [-0.2, -0.15) is 0 Å². The number of hydrogen-bond acceptors (Lipinski definition) is 4. The van der Waals surface area contributed by atoms with Crippen LogP contribution in [0.25, 0.3) is 0 Å². The quantitative estimate of drug-likeness (QED) is 0.560. The zero-order valence-corrected chi connectivity index (χ0v) is 7.90. The van der Waals surface area contributed by atoms with Crippen molar-refractivity contribution < 1.29 is 14.7 Å². The van der Waals surface area contributed by atoms with Crippen LogP contribution in [0.4, 0.5) is 0 Å². The van der Waals surface area contributed by atoms with E-state index in [1.54, 1.807) is 0 Å². The summed E-state index contributed by atoms with van der Waals surface area (Å²) in [5, 5.41) is 11.2. The Labute approximate surface area is 82.1 Å². The number of aliphatic hydroxyl groups excluding tert-OH is 1. The van der Waals surface area contributed by atoms with Crippen molar-refractivity contribution in [3.05, 3.63) is 0 Å². The lowest BCUT2D eigenvalue weighted by Crippen LogP contribution is -2.43. The number of nitrogens with zero attached hydrogens (tertiary/aromatic N) is 1. The second-order valence-electron chi connectivity index (χ2n) is 3.82. The molecule has 1 saturated carbocycles. The van der Waals surface area contributed by atoms with Gasteiger partial charge in [0.05, 0.1) is 19.1 Å². The molecule has 14 heavy (non-hydrogen) atoms. The van der Waals surface area contributed by atoms with Crippen LogP contribution in [0, 0.1) is 0 Å². The van der Waals surface area contributed by atoms with Gasteiger partial charge in [-0.25, -0.2) is 0 Å². The van der Waals surface area contributed by atoms with Crippen molar-refractivity contribution in [2.45, 2.75) is 31.3 Å². The van der Waals surface area contributed by atoms with E-state index in [9.17, 15) is 9.59 Å². The molecular weight excluding hydrogens is 184 g/mol. The Morgan fingerprint density at radius 1 is 1.43 bits per heavy atom. The summed E-state index contributed by atoms with van der Waals surface area (Å²) in [5.41, 5.74) is 0. The van der Waals surface area contributed by atoms with Gasteiger partial charge in [0.1, 0.15) is 0 Å². The lowest BCUT2D eigenvalue weighted by molar-refractivity contribution is -0.126. The molecule has 0 bridgehead atoms. The second kappa shape index (κ2) is 3.67. The second-order valence-corrected chi connectivity index (χ2v) is 3.82. The number of amides is 2. The molecule has 2 amide bonds. The largest absolute Gasteiger partial charge is 0.395 e. The van der Waals surface area contributed by atoms with Crippen LogP contribution in [0.1, 0.15) is 19.3 Å². The molecular formula is C9H14N2O3. The minimum Gasteiger partial charge on any atom is -0.395 e. The Morgan fingerprint density at radius 3 is 2.57 bits per heavy atom. The first-order valence-corrected chi connectivity index (χ1v) is 4.92. The number of carbonyl (C=O) groups excluding carboxylic acids is 2. The van der Waals surface area contributed by atoms with E-state index in [0.717, 1.165) is 12.8 Å². The van der Waals surface area contributed by atoms with E-state index in [2.05, 4.69) is 5.32 Å². The minimum atomic E-state index is -0.345. The summed E-state index contributed by atoms with van der Waals surface area (Å²) < 4.78 is 0. The molecule has 0 aromatic carbocycles. The molecule has 1 aliphatic carbocycles. The molecule has 0 aromatic heterocycles. The van der Waals surface area contributed by atoms with Gasteiger partial charge in [-0.1, -0.05) is 0 Å². The van der Waals surface area contributed by atoms with Crippen molar-refractivity contribution in [3.63, 3.8) is 0 Å².